The average Bonchev–Trinajstić information content (AvgIpc) is 2.65. The molecule has 0 nitrogen and oxygen atoms in total. The van der Waals surface area contributed by atoms with Crippen LogP contribution in [-0.2, 0) is 0 Å². The fourth-order valence-electron chi connectivity index (χ4n) is 7.02. The molecule has 3 rings (SSSR count). The van der Waals surface area contributed by atoms with Crippen LogP contribution < -0.4 is 0 Å². The molecule has 132 valence electrons. The molecule has 0 amide bonds. The maximum atomic E-state index is 1.62. The van der Waals surface area contributed by atoms with E-state index in [0.29, 0.717) is 0 Å². The summed E-state index contributed by atoms with van der Waals surface area (Å²) in [5.41, 5.74) is 0.783. The van der Waals surface area contributed by atoms with E-state index >= 15 is 0 Å². The van der Waals surface area contributed by atoms with Gasteiger partial charge >= 0.3 is 0 Å². The normalized spacial score (nSPS) is 26.4. The van der Waals surface area contributed by atoms with Crippen molar-refractivity contribution in [1.82, 2.24) is 0 Å². The molecular formula is C22H41Al. The predicted molar refractivity (Wildman–Crippen MR) is 105 cm³/mol. The van der Waals surface area contributed by atoms with Crippen molar-refractivity contribution in [1.29, 1.82) is 0 Å². The minimum absolute atomic E-state index is 0.783. The molecule has 0 radical (unpaired) electrons. The van der Waals surface area contributed by atoms with Crippen molar-refractivity contribution in [3.05, 3.63) is 0 Å². The van der Waals surface area contributed by atoms with Gasteiger partial charge in [-0.2, -0.15) is 0 Å². The third-order valence-corrected chi connectivity index (χ3v) is 8.77. The Morgan fingerprint density at radius 3 is 1.22 bits per heavy atom. The first-order valence-electron chi connectivity index (χ1n) is 11.4. The molecule has 0 atom stereocenters. The highest BCUT2D eigenvalue weighted by atomic mass is 27.0. The first kappa shape index (κ1) is 18.3. The van der Waals surface area contributed by atoms with Gasteiger partial charge in [0.15, 0.2) is 0 Å². The maximum Gasteiger partial charge on any atom is 0.211 e. The summed E-state index contributed by atoms with van der Waals surface area (Å²) in [6.07, 6.45) is 26.6. The van der Waals surface area contributed by atoms with E-state index in [9.17, 15) is 0 Å². The minimum Gasteiger partial charge on any atom is -0.101 e. The predicted octanol–water partition coefficient (Wildman–Crippen LogP) is 6.55. The smallest absolute Gasteiger partial charge is 0.101 e. The van der Waals surface area contributed by atoms with Crippen LogP contribution in [0.5, 0.6) is 0 Å². The zero-order valence-corrected chi connectivity index (χ0v) is 18.0. The largest absolute Gasteiger partial charge is 0.211 e. The van der Waals surface area contributed by atoms with Gasteiger partial charge in [0.25, 0.3) is 0 Å². The molecule has 0 aliphatic heterocycles. The SMILES string of the molecule is [AlH2][CH2]CCC(C1CCCCC1)(C1CCCCC1)C1CCCCC1. The van der Waals surface area contributed by atoms with Crippen molar-refractivity contribution in [2.24, 2.45) is 23.2 Å². The fourth-order valence-corrected chi connectivity index (χ4v) is 7.37. The lowest BCUT2D eigenvalue weighted by atomic mass is 9.50. The van der Waals surface area contributed by atoms with Crippen molar-refractivity contribution >= 4 is 16.3 Å². The van der Waals surface area contributed by atoms with Crippen LogP contribution in [0.2, 0.25) is 5.28 Å². The lowest BCUT2D eigenvalue weighted by molar-refractivity contribution is -0.0558. The van der Waals surface area contributed by atoms with Crippen molar-refractivity contribution in [2.45, 2.75) is 114 Å². The molecule has 0 spiro atoms. The van der Waals surface area contributed by atoms with E-state index < -0.39 is 0 Å². The van der Waals surface area contributed by atoms with Crippen LogP contribution in [0.1, 0.15) is 109 Å². The number of rotatable bonds is 6. The van der Waals surface area contributed by atoms with Gasteiger partial charge in [-0.05, 0) is 68.1 Å². The summed E-state index contributed by atoms with van der Waals surface area (Å²) in [6.45, 7) is 0. The molecule has 0 aromatic heterocycles. The summed E-state index contributed by atoms with van der Waals surface area (Å²) in [5.74, 6) is 3.32. The molecular weight excluding hydrogens is 291 g/mol. The second-order valence-electron chi connectivity index (χ2n) is 9.22. The second-order valence-corrected chi connectivity index (χ2v) is 10.2. The van der Waals surface area contributed by atoms with Crippen LogP contribution >= 0.6 is 0 Å². The van der Waals surface area contributed by atoms with E-state index in [1.54, 1.807) is 95.2 Å². The molecule has 0 heterocycles. The molecule has 3 saturated carbocycles. The Labute approximate surface area is 154 Å². The van der Waals surface area contributed by atoms with Gasteiger partial charge in [0.2, 0.25) is 16.3 Å². The van der Waals surface area contributed by atoms with E-state index in [1.807, 2.05) is 0 Å². The first-order valence-corrected chi connectivity index (χ1v) is 12.8. The van der Waals surface area contributed by atoms with Gasteiger partial charge in [-0.1, -0.05) is 64.2 Å². The standard InChI is InChI=1S/C22H39.Al.2H/c1-2-18-22(19-12-6-3-7-13-19,20-14-8-4-9-15-20)21-16-10-5-11-17-21;;;/h19-21H,1-18H2;;;. The molecule has 0 aromatic carbocycles. The minimum atomic E-state index is 0.783. The summed E-state index contributed by atoms with van der Waals surface area (Å²) < 4.78 is 0. The van der Waals surface area contributed by atoms with Gasteiger partial charge in [0, 0.05) is 0 Å². The average molecular weight is 333 g/mol. The summed E-state index contributed by atoms with van der Waals surface area (Å²) in [5, 5.41) is 1.55. The molecule has 0 aromatic rings. The topological polar surface area (TPSA) is 0 Å². The Balaban J connectivity index is 1.88. The van der Waals surface area contributed by atoms with Crippen LogP contribution in [0.3, 0.4) is 0 Å². The van der Waals surface area contributed by atoms with Crippen molar-refractivity contribution in [2.75, 3.05) is 0 Å². The number of hydrogen-bond acceptors (Lipinski definition) is 0. The van der Waals surface area contributed by atoms with Crippen molar-refractivity contribution in [3.8, 4) is 0 Å². The lowest BCUT2D eigenvalue weighted by Crippen LogP contribution is -2.46. The van der Waals surface area contributed by atoms with Crippen LogP contribution in [0.4, 0.5) is 0 Å². The van der Waals surface area contributed by atoms with E-state index in [-0.39, 0.29) is 0 Å². The molecule has 1 heteroatoms. The summed E-state index contributed by atoms with van der Waals surface area (Å²) >= 11 is 1.42. The molecule has 0 N–H and O–H groups in total. The van der Waals surface area contributed by atoms with Crippen LogP contribution in [0.25, 0.3) is 0 Å². The lowest BCUT2D eigenvalue weighted by Gasteiger charge is -2.55. The van der Waals surface area contributed by atoms with Crippen LogP contribution in [-0.4, -0.2) is 16.3 Å². The Morgan fingerprint density at radius 2 is 0.913 bits per heavy atom. The van der Waals surface area contributed by atoms with Crippen molar-refractivity contribution in [3.63, 3.8) is 0 Å². The van der Waals surface area contributed by atoms with Gasteiger partial charge < -0.3 is 0 Å². The Bertz CT molecular complexity index is 273. The Hall–Kier alpha value is 0.532. The zero-order chi connectivity index (χ0) is 16.0. The highest BCUT2D eigenvalue weighted by molar-refractivity contribution is 6.08. The molecule has 3 fully saturated rings. The second kappa shape index (κ2) is 9.29. The van der Waals surface area contributed by atoms with Crippen LogP contribution in [0.15, 0.2) is 0 Å². The van der Waals surface area contributed by atoms with Crippen molar-refractivity contribution < 1.29 is 0 Å². The zero-order valence-electron chi connectivity index (χ0n) is 16.0. The molecule has 3 aliphatic carbocycles. The molecule has 23 heavy (non-hydrogen) atoms. The third kappa shape index (κ3) is 4.20. The Kier molecular flexibility index (Phi) is 7.40. The highest BCUT2D eigenvalue weighted by Gasteiger charge is 2.49. The monoisotopic (exact) mass is 332 g/mol. The van der Waals surface area contributed by atoms with E-state index in [0.717, 1.165) is 23.2 Å². The molecule has 0 unspecified atom stereocenters. The fraction of sp³-hybridized carbons (Fsp3) is 1.00. The van der Waals surface area contributed by atoms with Gasteiger partial charge in [-0.3, -0.25) is 0 Å². The summed E-state index contributed by atoms with van der Waals surface area (Å²) in [7, 11) is 0. The van der Waals surface area contributed by atoms with Gasteiger partial charge in [0.05, 0.1) is 0 Å². The van der Waals surface area contributed by atoms with E-state index in [1.165, 1.54) is 35.6 Å². The molecule has 0 saturated heterocycles. The van der Waals surface area contributed by atoms with E-state index in [2.05, 4.69) is 0 Å². The van der Waals surface area contributed by atoms with Gasteiger partial charge in [-0.25, -0.2) is 0 Å². The van der Waals surface area contributed by atoms with E-state index in [4.69, 9.17) is 0 Å². The highest BCUT2D eigenvalue weighted by Crippen LogP contribution is 2.59. The summed E-state index contributed by atoms with van der Waals surface area (Å²) in [4.78, 5) is 0. The third-order valence-electron chi connectivity index (χ3n) is 8.06. The quantitative estimate of drug-likeness (QED) is 0.484. The number of hydrogen-bond donors (Lipinski definition) is 0. The summed E-state index contributed by atoms with van der Waals surface area (Å²) in [6, 6.07) is 0. The maximum absolute atomic E-state index is 1.62. The van der Waals surface area contributed by atoms with Gasteiger partial charge in [0.1, 0.15) is 0 Å². The Morgan fingerprint density at radius 1 is 0.565 bits per heavy atom. The molecule has 0 bridgehead atoms. The van der Waals surface area contributed by atoms with Crippen LogP contribution in [0, 0.1) is 23.2 Å². The first-order chi connectivity index (χ1) is 11.4. The molecule has 3 aliphatic rings. The van der Waals surface area contributed by atoms with Gasteiger partial charge in [-0.15, -0.1) is 5.28 Å².